The Bertz CT molecular complexity index is 1600. The SMILES string of the molecule is Cc1cc(N(C)S(=O)(=O)c2scc(Nc3c(N[C@@H](c4ccc(C)o4)C(C)(C)C)c(=O)c3=O)c2O)no1. The normalized spacial score (nSPS) is 13.2. The van der Waals surface area contributed by atoms with Gasteiger partial charge in [-0.25, -0.2) is 4.31 Å². The van der Waals surface area contributed by atoms with Crippen LogP contribution in [0.4, 0.5) is 22.9 Å². The van der Waals surface area contributed by atoms with E-state index in [2.05, 4.69) is 15.8 Å². The van der Waals surface area contributed by atoms with Crippen LogP contribution in [0.15, 0.2) is 46.3 Å². The third-order valence-corrected chi connectivity index (χ3v) is 8.89. The van der Waals surface area contributed by atoms with Crippen molar-refractivity contribution < 1.29 is 22.5 Å². The monoisotopic (exact) mass is 534 g/mol. The van der Waals surface area contributed by atoms with Crippen LogP contribution in [0.1, 0.15) is 44.1 Å². The number of aromatic nitrogens is 1. The minimum Gasteiger partial charge on any atom is -0.504 e. The van der Waals surface area contributed by atoms with E-state index >= 15 is 0 Å². The predicted molar refractivity (Wildman–Crippen MR) is 137 cm³/mol. The molecule has 3 N–H and O–H groups in total. The molecule has 1 aromatic carbocycles. The zero-order valence-corrected chi connectivity index (χ0v) is 22.1. The zero-order chi connectivity index (χ0) is 26.6. The van der Waals surface area contributed by atoms with E-state index in [0.717, 1.165) is 15.6 Å². The molecule has 11 nitrogen and oxygen atoms in total. The van der Waals surface area contributed by atoms with Gasteiger partial charge in [-0.3, -0.25) is 9.59 Å². The maximum absolute atomic E-state index is 13.1. The van der Waals surface area contributed by atoms with E-state index in [0.29, 0.717) is 17.3 Å². The number of aryl methyl sites for hydroxylation is 2. The summed E-state index contributed by atoms with van der Waals surface area (Å²) in [6.07, 6.45) is 0. The molecule has 1 atom stereocenters. The molecule has 36 heavy (non-hydrogen) atoms. The van der Waals surface area contributed by atoms with Gasteiger partial charge in [0.1, 0.15) is 28.7 Å². The summed E-state index contributed by atoms with van der Waals surface area (Å²) < 4.78 is 37.3. The zero-order valence-electron chi connectivity index (χ0n) is 20.5. The van der Waals surface area contributed by atoms with Crippen molar-refractivity contribution in [2.24, 2.45) is 5.41 Å². The first-order valence-corrected chi connectivity index (χ1v) is 13.2. The van der Waals surface area contributed by atoms with Gasteiger partial charge < -0.3 is 24.7 Å². The Morgan fingerprint density at radius 2 is 1.78 bits per heavy atom. The molecule has 0 amide bonds. The summed E-state index contributed by atoms with van der Waals surface area (Å²) in [6, 6.07) is 4.60. The first kappa shape index (κ1) is 25.5. The van der Waals surface area contributed by atoms with E-state index < -0.39 is 38.1 Å². The molecular formula is C23H26N4O7S2. The summed E-state index contributed by atoms with van der Waals surface area (Å²) in [4.78, 5) is 24.8. The van der Waals surface area contributed by atoms with Crippen LogP contribution in [0, 0.1) is 19.3 Å². The van der Waals surface area contributed by atoms with Gasteiger partial charge in [0.2, 0.25) is 0 Å². The molecule has 4 aromatic rings. The molecule has 4 rings (SSSR count). The second-order valence-corrected chi connectivity index (χ2v) is 12.5. The summed E-state index contributed by atoms with van der Waals surface area (Å²) in [5, 5.41) is 21.6. The Labute approximate surface area is 211 Å². The lowest BCUT2D eigenvalue weighted by atomic mass is 9.85. The van der Waals surface area contributed by atoms with Gasteiger partial charge in [0.05, 0.1) is 11.7 Å². The summed E-state index contributed by atoms with van der Waals surface area (Å²) in [5.74, 6) is 1.18. The van der Waals surface area contributed by atoms with E-state index in [4.69, 9.17) is 8.94 Å². The van der Waals surface area contributed by atoms with Crippen molar-refractivity contribution in [3.8, 4) is 5.75 Å². The van der Waals surface area contributed by atoms with Gasteiger partial charge in [0.15, 0.2) is 15.8 Å². The molecule has 192 valence electrons. The molecule has 0 saturated heterocycles. The molecule has 0 aliphatic carbocycles. The highest BCUT2D eigenvalue weighted by Gasteiger charge is 2.34. The molecule has 0 spiro atoms. The molecule has 3 heterocycles. The minimum absolute atomic E-state index is 0.0270. The maximum Gasteiger partial charge on any atom is 0.278 e. The number of nitrogens with one attached hydrogen (secondary N) is 2. The summed E-state index contributed by atoms with van der Waals surface area (Å²) in [6.45, 7) is 9.29. The van der Waals surface area contributed by atoms with E-state index in [-0.39, 0.29) is 27.1 Å². The van der Waals surface area contributed by atoms with Crippen molar-refractivity contribution in [3.05, 3.63) is 61.3 Å². The van der Waals surface area contributed by atoms with Crippen LogP contribution in [-0.2, 0) is 10.0 Å². The van der Waals surface area contributed by atoms with Crippen LogP contribution in [0.2, 0.25) is 0 Å². The number of rotatable bonds is 8. The number of furan rings is 1. The van der Waals surface area contributed by atoms with Crippen molar-refractivity contribution in [1.82, 2.24) is 5.16 Å². The Morgan fingerprint density at radius 3 is 2.33 bits per heavy atom. The third kappa shape index (κ3) is 4.39. The Morgan fingerprint density at radius 1 is 1.11 bits per heavy atom. The molecule has 0 unspecified atom stereocenters. The highest BCUT2D eigenvalue weighted by atomic mass is 32.2. The highest BCUT2D eigenvalue weighted by molar-refractivity contribution is 7.94. The van der Waals surface area contributed by atoms with Crippen LogP contribution in [0.25, 0.3) is 0 Å². The van der Waals surface area contributed by atoms with E-state index in [1.165, 1.54) is 18.5 Å². The fourth-order valence-electron chi connectivity index (χ4n) is 3.61. The lowest BCUT2D eigenvalue weighted by molar-refractivity contribution is 0.300. The molecule has 0 fully saturated rings. The first-order chi connectivity index (χ1) is 16.7. The second-order valence-electron chi connectivity index (χ2n) is 9.48. The fourth-order valence-corrected chi connectivity index (χ4v) is 6.12. The van der Waals surface area contributed by atoms with Gasteiger partial charge in [-0.05, 0) is 31.4 Å². The molecule has 0 radical (unpaired) electrons. The standard InChI is InChI=1S/C23H26N4O7S2/c1-11-7-8-14(33-11)21(23(3,4)5)25-17-16(19(29)20(17)30)24-13-10-35-22(18(13)28)36(31,32)27(6)15-9-12(2)34-26-15/h7-10,21,24-25,28H,1-6H3/t21-/m0/s1. The van der Waals surface area contributed by atoms with Crippen molar-refractivity contribution in [1.29, 1.82) is 0 Å². The second kappa shape index (κ2) is 8.82. The largest absolute Gasteiger partial charge is 0.504 e. The number of aromatic hydroxyl groups is 1. The van der Waals surface area contributed by atoms with Gasteiger partial charge in [-0.2, -0.15) is 8.42 Å². The molecule has 0 bridgehead atoms. The third-order valence-electron chi connectivity index (χ3n) is 5.64. The van der Waals surface area contributed by atoms with Gasteiger partial charge in [-0.15, -0.1) is 11.3 Å². The molecule has 0 saturated carbocycles. The van der Waals surface area contributed by atoms with Crippen molar-refractivity contribution in [3.63, 3.8) is 0 Å². The highest BCUT2D eigenvalue weighted by Crippen LogP contribution is 2.42. The van der Waals surface area contributed by atoms with Crippen LogP contribution < -0.4 is 25.8 Å². The number of sulfonamides is 1. The molecule has 0 aliphatic rings. The molecule has 3 aromatic heterocycles. The van der Waals surface area contributed by atoms with Crippen LogP contribution in [0.5, 0.6) is 5.75 Å². The van der Waals surface area contributed by atoms with E-state index in [1.807, 2.05) is 20.8 Å². The van der Waals surface area contributed by atoms with E-state index in [9.17, 15) is 23.1 Å². The summed E-state index contributed by atoms with van der Waals surface area (Å²) in [5.41, 5.74) is -1.98. The average molecular weight is 535 g/mol. The van der Waals surface area contributed by atoms with Gasteiger partial charge in [0, 0.05) is 18.5 Å². The van der Waals surface area contributed by atoms with Crippen LogP contribution >= 0.6 is 11.3 Å². The molecule has 0 aliphatic heterocycles. The Balaban J connectivity index is 1.63. The van der Waals surface area contributed by atoms with Crippen molar-refractivity contribution in [2.45, 2.75) is 44.9 Å². The minimum atomic E-state index is -4.18. The van der Waals surface area contributed by atoms with Crippen LogP contribution in [0.3, 0.4) is 0 Å². The lowest BCUT2D eigenvalue weighted by Crippen LogP contribution is -2.39. The van der Waals surface area contributed by atoms with Crippen molar-refractivity contribution in [2.75, 3.05) is 22.0 Å². The van der Waals surface area contributed by atoms with E-state index in [1.54, 1.807) is 26.0 Å². The first-order valence-electron chi connectivity index (χ1n) is 10.9. The number of thiophene rings is 1. The molecule has 13 heteroatoms. The van der Waals surface area contributed by atoms with Crippen LogP contribution in [-0.4, -0.2) is 25.7 Å². The lowest BCUT2D eigenvalue weighted by Gasteiger charge is -2.31. The predicted octanol–water partition coefficient (Wildman–Crippen LogP) is 4.02. The van der Waals surface area contributed by atoms with Gasteiger partial charge >= 0.3 is 0 Å². The number of hydrogen-bond donors (Lipinski definition) is 3. The van der Waals surface area contributed by atoms with Crippen molar-refractivity contribution >= 4 is 44.2 Å². The number of hydrogen-bond acceptors (Lipinski definition) is 11. The number of nitrogens with zero attached hydrogens (tertiary/aromatic N) is 2. The van der Waals surface area contributed by atoms with Gasteiger partial charge in [-0.1, -0.05) is 25.9 Å². The Kier molecular flexibility index (Phi) is 6.25. The quantitative estimate of drug-likeness (QED) is 0.282. The smallest absolute Gasteiger partial charge is 0.278 e. The topological polar surface area (TPSA) is 155 Å². The summed E-state index contributed by atoms with van der Waals surface area (Å²) >= 11 is 0.756. The average Bonchev–Trinajstić information content (AvgIpc) is 3.52. The molecular weight excluding hydrogens is 508 g/mol. The number of anilines is 4. The Hall–Kier alpha value is -3.58. The maximum atomic E-state index is 13.1. The fraction of sp³-hybridized carbons (Fsp3) is 0.348. The summed E-state index contributed by atoms with van der Waals surface area (Å²) in [7, 11) is -2.90. The van der Waals surface area contributed by atoms with Gasteiger partial charge in [0.25, 0.3) is 20.9 Å².